The van der Waals surface area contributed by atoms with Crippen molar-refractivity contribution in [2.75, 3.05) is 0 Å². The smallest absolute Gasteiger partial charge is 0.193 e. The van der Waals surface area contributed by atoms with Gasteiger partial charge in [0.2, 0.25) is 0 Å². The monoisotopic (exact) mass is 212 g/mol. The SMILES string of the molecule is C=C(C)C(C)(C)C(F)(F)Br. The molecule has 0 nitrogen and oxygen atoms in total. The molecule has 0 aromatic carbocycles. The van der Waals surface area contributed by atoms with Gasteiger partial charge in [0, 0.05) is 0 Å². The van der Waals surface area contributed by atoms with E-state index in [0.717, 1.165) is 0 Å². The number of allylic oxidation sites excluding steroid dienone is 1. The van der Waals surface area contributed by atoms with E-state index in [1.165, 1.54) is 13.8 Å². The molecule has 0 heterocycles. The van der Waals surface area contributed by atoms with Crippen molar-refractivity contribution in [3.63, 3.8) is 0 Å². The molecule has 0 bridgehead atoms. The maximum absolute atomic E-state index is 12.6. The van der Waals surface area contributed by atoms with Crippen LogP contribution in [0.4, 0.5) is 8.78 Å². The Bertz CT molecular complexity index is 144. The second-order valence-electron chi connectivity index (χ2n) is 2.90. The predicted octanol–water partition coefficient (Wildman–Crippen LogP) is 3.58. The van der Waals surface area contributed by atoms with E-state index in [4.69, 9.17) is 0 Å². The summed E-state index contributed by atoms with van der Waals surface area (Å²) in [6.45, 7) is 7.97. The summed E-state index contributed by atoms with van der Waals surface area (Å²) in [6.07, 6.45) is 0. The number of alkyl halides is 3. The average molecular weight is 213 g/mol. The Kier molecular flexibility index (Phi) is 2.63. The van der Waals surface area contributed by atoms with Gasteiger partial charge in [-0.25, -0.2) is 0 Å². The van der Waals surface area contributed by atoms with Crippen molar-refractivity contribution >= 4 is 15.9 Å². The van der Waals surface area contributed by atoms with E-state index in [1.807, 2.05) is 0 Å². The molecule has 0 amide bonds. The van der Waals surface area contributed by atoms with E-state index in [9.17, 15) is 8.78 Å². The van der Waals surface area contributed by atoms with Crippen LogP contribution in [0.2, 0.25) is 0 Å². The molecule has 0 aliphatic carbocycles. The second-order valence-corrected chi connectivity index (χ2v) is 3.90. The molecule has 60 valence electrons. The van der Waals surface area contributed by atoms with Gasteiger partial charge >= 0.3 is 4.83 Å². The predicted molar refractivity (Wildman–Crippen MR) is 42.5 cm³/mol. The lowest BCUT2D eigenvalue weighted by Gasteiger charge is -2.29. The zero-order valence-electron chi connectivity index (χ0n) is 6.34. The molecule has 0 aromatic heterocycles. The molecule has 0 radical (unpaired) electrons. The first-order valence-electron chi connectivity index (χ1n) is 2.92. The molecule has 0 saturated heterocycles. The number of hydrogen-bond acceptors (Lipinski definition) is 0. The van der Waals surface area contributed by atoms with Gasteiger partial charge in [-0.1, -0.05) is 12.2 Å². The fourth-order valence-electron chi connectivity index (χ4n) is 0.242. The first-order chi connectivity index (χ1) is 4.19. The van der Waals surface area contributed by atoms with Gasteiger partial charge < -0.3 is 0 Å². The maximum atomic E-state index is 12.6. The highest BCUT2D eigenvalue weighted by atomic mass is 79.9. The summed E-state index contributed by atoms with van der Waals surface area (Å²) in [4.78, 5) is -2.87. The van der Waals surface area contributed by atoms with Crippen LogP contribution in [-0.4, -0.2) is 4.83 Å². The molecule has 0 N–H and O–H groups in total. The summed E-state index contributed by atoms with van der Waals surface area (Å²) in [5.74, 6) is 0. The minimum atomic E-state index is -2.87. The quantitative estimate of drug-likeness (QED) is 0.485. The summed E-state index contributed by atoms with van der Waals surface area (Å²) < 4.78 is 25.2. The fourth-order valence-corrected chi connectivity index (χ4v) is 0.580. The van der Waals surface area contributed by atoms with Crippen LogP contribution in [0.3, 0.4) is 0 Å². The van der Waals surface area contributed by atoms with Gasteiger partial charge in [0.15, 0.2) is 0 Å². The van der Waals surface area contributed by atoms with E-state index < -0.39 is 10.2 Å². The Morgan fingerprint density at radius 2 is 1.70 bits per heavy atom. The zero-order chi connectivity index (χ0) is 8.58. The number of rotatable bonds is 2. The Labute approximate surface area is 68.4 Å². The summed E-state index contributed by atoms with van der Waals surface area (Å²) in [6, 6.07) is 0. The Hall–Kier alpha value is 0.0800. The lowest BCUT2D eigenvalue weighted by atomic mass is 9.87. The summed E-state index contributed by atoms with van der Waals surface area (Å²) in [5.41, 5.74) is -0.707. The van der Waals surface area contributed by atoms with E-state index in [2.05, 4.69) is 22.5 Å². The van der Waals surface area contributed by atoms with E-state index in [-0.39, 0.29) is 0 Å². The van der Waals surface area contributed by atoms with Crippen LogP contribution in [0.15, 0.2) is 12.2 Å². The molecule has 0 aliphatic rings. The van der Waals surface area contributed by atoms with Crippen LogP contribution in [0.1, 0.15) is 20.8 Å². The highest BCUT2D eigenvalue weighted by Gasteiger charge is 2.44. The van der Waals surface area contributed by atoms with Crippen molar-refractivity contribution in [1.29, 1.82) is 0 Å². The van der Waals surface area contributed by atoms with Crippen LogP contribution in [0, 0.1) is 5.41 Å². The standard InChI is InChI=1S/C7H11BrF2/c1-5(2)6(3,4)7(8,9)10/h1H2,2-4H3. The third-order valence-electron chi connectivity index (χ3n) is 1.78. The average Bonchev–Trinajstić information content (AvgIpc) is 1.62. The van der Waals surface area contributed by atoms with Crippen LogP contribution >= 0.6 is 15.9 Å². The Balaban J connectivity index is 4.57. The molecule has 0 atom stereocenters. The minimum absolute atomic E-state index is 0.467. The fraction of sp³-hybridized carbons (Fsp3) is 0.714. The molecule has 10 heavy (non-hydrogen) atoms. The highest BCUT2D eigenvalue weighted by molar-refractivity contribution is 9.10. The summed E-state index contributed by atoms with van der Waals surface area (Å²) >= 11 is 2.31. The van der Waals surface area contributed by atoms with Crippen molar-refractivity contribution in [3.05, 3.63) is 12.2 Å². The summed E-state index contributed by atoms with van der Waals surface area (Å²) in [5, 5.41) is 0. The van der Waals surface area contributed by atoms with Crippen molar-refractivity contribution in [2.24, 2.45) is 5.41 Å². The van der Waals surface area contributed by atoms with Gasteiger partial charge in [0.25, 0.3) is 0 Å². The normalized spacial score (nSPS) is 13.4. The van der Waals surface area contributed by atoms with Crippen molar-refractivity contribution in [3.8, 4) is 0 Å². The van der Waals surface area contributed by atoms with Gasteiger partial charge in [0.05, 0.1) is 5.41 Å². The molecule has 0 aromatic rings. The third-order valence-corrected chi connectivity index (χ3v) is 2.77. The van der Waals surface area contributed by atoms with E-state index in [0.29, 0.717) is 5.57 Å². The Morgan fingerprint density at radius 3 is 1.70 bits per heavy atom. The van der Waals surface area contributed by atoms with E-state index >= 15 is 0 Å². The molecular weight excluding hydrogens is 202 g/mol. The molecule has 3 heteroatoms. The molecule has 0 rings (SSSR count). The maximum Gasteiger partial charge on any atom is 0.310 e. The lowest BCUT2D eigenvalue weighted by molar-refractivity contribution is 0.0134. The van der Waals surface area contributed by atoms with Gasteiger partial charge in [0.1, 0.15) is 0 Å². The second kappa shape index (κ2) is 2.61. The highest BCUT2D eigenvalue weighted by Crippen LogP contribution is 2.45. The molecular formula is C7H11BrF2. The lowest BCUT2D eigenvalue weighted by Crippen LogP contribution is -2.31. The topological polar surface area (TPSA) is 0 Å². The third kappa shape index (κ3) is 1.78. The van der Waals surface area contributed by atoms with Gasteiger partial charge in [-0.3, -0.25) is 0 Å². The minimum Gasteiger partial charge on any atom is -0.193 e. The summed E-state index contributed by atoms with van der Waals surface area (Å²) in [7, 11) is 0. The first kappa shape index (κ1) is 10.1. The van der Waals surface area contributed by atoms with Gasteiger partial charge in [-0.2, -0.15) is 8.78 Å². The van der Waals surface area contributed by atoms with Crippen LogP contribution in [0.25, 0.3) is 0 Å². The number of hydrogen-bond donors (Lipinski definition) is 0. The van der Waals surface area contributed by atoms with Crippen molar-refractivity contribution in [1.82, 2.24) is 0 Å². The molecule has 0 saturated carbocycles. The van der Waals surface area contributed by atoms with Crippen molar-refractivity contribution in [2.45, 2.75) is 25.6 Å². The van der Waals surface area contributed by atoms with Gasteiger partial charge in [-0.15, -0.1) is 0 Å². The molecule has 0 unspecified atom stereocenters. The molecule has 0 fully saturated rings. The van der Waals surface area contributed by atoms with E-state index in [1.54, 1.807) is 6.92 Å². The first-order valence-corrected chi connectivity index (χ1v) is 3.71. The van der Waals surface area contributed by atoms with Crippen molar-refractivity contribution < 1.29 is 8.78 Å². The largest absolute Gasteiger partial charge is 0.310 e. The Morgan fingerprint density at radius 1 is 1.40 bits per heavy atom. The number of halogens is 3. The molecule has 0 aliphatic heterocycles. The van der Waals surface area contributed by atoms with Gasteiger partial charge in [-0.05, 0) is 36.7 Å². The molecule has 0 spiro atoms. The van der Waals surface area contributed by atoms with Crippen LogP contribution in [0.5, 0.6) is 0 Å². The van der Waals surface area contributed by atoms with Crippen LogP contribution < -0.4 is 0 Å². The zero-order valence-corrected chi connectivity index (χ0v) is 7.93. The van der Waals surface area contributed by atoms with Crippen LogP contribution in [-0.2, 0) is 0 Å².